The van der Waals surface area contributed by atoms with Gasteiger partial charge in [-0.1, -0.05) is 26.0 Å². The van der Waals surface area contributed by atoms with E-state index in [1.54, 1.807) is 6.33 Å². The van der Waals surface area contributed by atoms with Gasteiger partial charge in [-0.05, 0) is 99.8 Å². The first-order valence-electron chi connectivity index (χ1n) is 13.7. The fourth-order valence-electron chi connectivity index (χ4n) is 6.33. The predicted octanol–water partition coefficient (Wildman–Crippen LogP) is 7.17. The number of nitrogens with zero attached hydrogens (tertiary/aromatic N) is 4. The van der Waals surface area contributed by atoms with Crippen molar-refractivity contribution >= 4 is 28.2 Å². The van der Waals surface area contributed by atoms with Crippen LogP contribution in [0, 0.1) is 13.8 Å². The third-order valence-electron chi connectivity index (χ3n) is 8.20. The monoisotopic (exact) mass is 511 g/mol. The van der Waals surface area contributed by atoms with Crippen molar-refractivity contribution in [1.82, 2.24) is 24.5 Å². The van der Waals surface area contributed by atoms with Crippen LogP contribution in [0.5, 0.6) is 0 Å². The number of hydrogen-bond donors (Lipinski definition) is 1. The van der Waals surface area contributed by atoms with Gasteiger partial charge in [-0.3, -0.25) is 9.30 Å². The summed E-state index contributed by atoms with van der Waals surface area (Å²) in [6.45, 7) is 14.6. The average molecular weight is 512 g/mol. The van der Waals surface area contributed by atoms with Gasteiger partial charge in [0.1, 0.15) is 11.9 Å². The fraction of sp³-hybridized carbons (Fsp3) is 0.452. The van der Waals surface area contributed by atoms with Crippen molar-refractivity contribution in [3.63, 3.8) is 0 Å². The number of hydrogen-bond acceptors (Lipinski definition) is 4. The van der Waals surface area contributed by atoms with Crippen LogP contribution in [-0.4, -0.2) is 48.3 Å². The van der Waals surface area contributed by atoms with Crippen LogP contribution in [0.1, 0.15) is 82.1 Å². The second-order valence-electron chi connectivity index (χ2n) is 12.3. The molecule has 1 amide bonds. The van der Waals surface area contributed by atoms with Gasteiger partial charge in [0.15, 0.2) is 5.65 Å². The van der Waals surface area contributed by atoms with Crippen LogP contribution in [0.2, 0.25) is 0 Å². The lowest BCUT2D eigenvalue weighted by Crippen LogP contribution is -2.45. The summed E-state index contributed by atoms with van der Waals surface area (Å²) in [5, 5.41) is 9.67. The molecular formula is C31H37N5O2. The van der Waals surface area contributed by atoms with Crippen LogP contribution in [0.3, 0.4) is 0 Å². The number of carbonyl (C=O) groups is 1. The molecule has 0 spiro atoms. The van der Waals surface area contributed by atoms with E-state index >= 15 is 0 Å². The molecule has 0 aliphatic carbocycles. The van der Waals surface area contributed by atoms with Gasteiger partial charge in [0.05, 0.1) is 11.7 Å². The Morgan fingerprint density at radius 2 is 1.95 bits per heavy atom. The SMILES string of the molecule is Cc1c(-c2[nH]c3ccc(C4=C[C@@H]5CCC(C4)N5C(=O)OC(C)(C)C)cc3c2C(C)C)cn2cnnc2c1C. The Kier molecular flexibility index (Phi) is 5.67. The van der Waals surface area contributed by atoms with Crippen molar-refractivity contribution in [3.8, 4) is 11.3 Å². The zero-order valence-electron chi connectivity index (χ0n) is 23.4. The number of H-pyrrole nitrogens is 1. The van der Waals surface area contributed by atoms with Crippen molar-refractivity contribution in [3.05, 3.63) is 59.1 Å². The van der Waals surface area contributed by atoms with Crippen LogP contribution < -0.4 is 0 Å². The molecule has 2 aliphatic heterocycles. The Morgan fingerprint density at radius 3 is 2.66 bits per heavy atom. The molecule has 1 fully saturated rings. The Morgan fingerprint density at radius 1 is 1.16 bits per heavy atom. The average Bonchev–Trinajstić information content (AvgIpc) is 3.53. The van der Waals surface area contributed by atoms with Crippen molar-refractivity contribution < 1.29 is 9.53 Å². The molecule has 1 N–H and O–H groups in total. The van der Waals surface area contributed by atoms with Gasteiger partial charge in [-0.15, -0.1) is 10.2 Å². The molecule has 198 valence electrons. The number of rotatable bonds is 3. The minimum Gasteiger partial charge on any atom is -0.444 e. The molecule has 1 aromatic carbocycles. The molecule has 2 aliphatic rings. The lowest BCUT2D eigenvalue weighted by molar-refractivity contribution is 0.0175. The van der Waals surface area contributed by atoms with Crippen LogP contribution in [0.15, 0.2) is 36.8 Å². The van der Waals surface area contributed by atoms with Crippen LogP contribution in [0.25, 0.3) is 33.4 Å². The van der Waals surface area contributed by atoms with Crippen molar-refractivity contribution in [1.29, 1.82) is 0 Å². The van der Waals surface area contributed by atoms with E-state index in [1.807, 2.05) is 30.1 Å². The van der Waals surface area contributed by atoms with Crippen molar-refractivity contribution in [2.45, 2.75) is 91.3 Å². The molecule has 38 heavy (non-hydrogen) atoms. The van der Waals surface area contributed by atoms with E-state index in [1.165, 1.54) is 33.2 Å². The molecule has 3 aromatic heterocycles. The van der Waals surface area contributed by atoms with Crippen molar-refractivity contribution in [2.24, 2.45) is 0 Å². The van der Waals surface area contributed by atoms with Gasteiger partial charge in [0, 0.05) is 28.7 Å². The predicted molar refractivity (Wildman–Crippen MR) is 151 cm³/mol. The summed E-state index contributed by atoms with van der Waals surface area (Å²) in [7, 11) is 0. The van der Waals surface area contributed by atoms with E-state index in [0.717, 1.165) is 41.7 Å². The van der Waals surface area contributed by atoms with Crippen molar-refractivity contribution in [2.75, 3.05) is 0 Å². The summed E-state index contributed by atoms with van der Waals surface area (Å²) >= 11 is 0. The third-order valence-corrected chi connectivity index (χ3v) is 8.20. The highest BCUT2D eigenvalue weighted by atomic mass is 16.6. The van der Waals surface area contributed by atoms with E-state index in [0.29, 0.717) is 5.92 Å². The number of ether oxygens (including phenoxy) is 1. The summed E-state index contributed by atoms with van der Waals surface area (Å²) < 4.78 is 7.74. The highest BCUT2D eigenvalue weighted by Gasteiger charge is 2.41. The van der Waals surface area contributed by atoms with Gasteiger partial charge < -0.3 is 9.72 Å². The van der Waals surface area contributed by atoms with E-state index in [4.69, 9.17) is 4.74 Å². The van der Waals surface area contributed by atoms with Crippen LogP contribution >= 0.6 is 0 Å². The molecule has 2 atom stereocenters. The summed E-state index contributed by atoms with van der Waals surface area (Å²) in [4.78, 5) is 18.6. The first-order valence-corrected chi connectivity index (χ1v) is 13.7. The molecule has 6 rings (SSSR count). The molecule has 5 heterocycles. The number of aromatic nitrogens is 4. The first kappa shape index (κ1) is 24.7. The standard InChI is InChI=1S/C31H37N5O2/c1-17(2)27-24-14-20(21-12-22-9-10-23(13-21)36(22)30(37)38-31(5,6)7)8-11-26(24)33-28(27)25-15-35-16-32-34-29(35)19(4)18(25)3/h8,11-12,14-17,22-23,33H,9-10,13H2,1-7H3/t22-,23?/m0/s1. The highest BCUT2D eigenvalue weighted by molar-refractivity contribution is 5.94. The van der Waals surface area contributed by atoms with E-state index in [-0.39, 0.29) is 18.2 Å². The molecule has 1 unspecified atom stereocenters. The molecular weight excluding hydrogens is 474 g/mol. The third kappa shape index (κ3) is 3.99. The maximum absolute atomic E-state index is 12.9. The summed E-state index contributed by atoms with van der Waals surface area (Å²) in [5.41, 5.74) is 10.2. The lowest BCUT2D eigenvalue weighted by atomic mass is 9.91. The summed E-state index contributed by atoms with van der Waals surface area (Å²) in [6.07, 6.45) is 8.88. The van der Waals surface area contributed by atoms with E-state index in [2.05, 4.69) is 73.3 Å². The Balaban J connectivity index is 1.41. The highest BCUT2D eigenvalue weighted by Crippen LogP contribution is 2.42. The Hall–Kier alpha value is -3.61. The Bertz CT molecular complexity index is 1600. The van der Waals surface area contributed by atoms with E-state index < -0.39 is 5.60 Å². The zero-order chi connectivity index (χ0) is 26.9. The second kappa shape index (κ2) is 8.72. The second-order valence-corrected chi connectivity index (χ2v) is 12.3. The van der Waals surface area contributed by atoms with Gasteiger partial charge in [-0.25, -0.2) is 4.79 Å². The van der Waals surface area contributed by atoms with Gasteiger partial charge in [0.25, 0.3) is 0 Å². The molecule has 2 bridgehead atoms. The Labute approximate surface area is 223 Å². The largest absolute Gasteiger partial charge is 0.444 e. The molecule has 1 saturated heterocycles. The van der Waals surface area contributed by atoms with Gasteiger partial charge in [-0.2, -0.15) is 0 Å². The maximum Gasteiger partial charge on any atom is 0.411 e. The molecule has 7 heteroatoms. The topological polar surface area (TPSA) is 75.5 Å². The molecule has 7 nitrogen and oxygen atoms in total. The molecule has 0 radical (unpaired) electrons. The zero-order valence-corrected chi connectivity index (χ0v) is 23.4. The maximum atomic E-state index is 12.9. The first-order chi connectivity index (χ1) is 18.0. The number of nitrogens with one attached hydrogen (secondary N) is 1. The number of aromatic amines is 1. The van der Waals surface area contributed by atoms with E-state index in [9.17, 15) is 4.79 Å². The minimum absolute atomic E-state index is 0.0989. The van der Waals surface area contributed by atoms with Gasteiger partial charge >= 0.3 is 6.09 Å². The quantitative estimate of drug-likeness (QED) is 0.316. The lowest BCUT2D eigenvalue weighted by Gasteiger charge is -2.35. The fourth-order valence-corrected chi connectivity index (χ4v) is 6.33. The number of pyridine rings is 1. The molecule has 0 saturated carbocycles. The van der Waals surface area contributed by atoms with Gasteiger partial charge in [0.2, 0.25) is 0 Å². The summed E-state index contributed by atoms with van der Waals surface area (Å²) in [5.74, 6) is 0.337. The number of amides is 1. The number of benzene rings is 1. The smallest absolute Gasteiger partial charge is 0.411 e. The number of aryl methyl sites for hydroxylation is 1. The summed E-state index contributed by atoms with van der Waals surface area (Å²) in [6, 6.07) is 7.07. The van der Waals surface area contributed by atoms with Crippen LogP contribution in [0.4, 0.5) is 4.79 Å². The minimum atomic E-state index is -0.486. The van der Waals surface area contributed by atoms with Crippen LogP contribution in [-0.2, 0) is 4.74 Å². The normalized spacial score (nSPS) is 19.6. The number of fused-ring (bicyclic) bond motifs is 4. The number of carbonyl (C=O) groups excluding carboxylic acids is 1. The molecule has 4 aromatic rings.